The van der Waals surface area contributed by atoms with E-state index in [1.807, 2.05) is 13.8 Å². The molecule has 0 bridgehead atoms. The lowest BCUT2D eigenvalue weighted by molar-refractivity contribution is 0.367. The van der Waals surface area contributed by atoms with Crippen LogP contribution in [0.25, 0.3) is 0 Å². The van der Waals surface area contributed by atoms with Crippen LogP contribution in [0.2, 0.25) is 0 Å². The molecule has 188 valence electrons. The molecular weight excluding hydrogens is 398 g/mol. The lowest BCUT2D eigenvalue weighted by atomic mass is 9.92. The third kappa shape index (κ3) is 11.9. The fourth-order valence-corrected chi connectivity index (χ4v) is 4.50. The minimum absolute atomic E-state index is 0.0359. The van der Waals surface area contributed by atoms with Crippen molar-refractivity contribution in [3.63, 3.8) is 0 Å². The number of hydrogen-bond acceptors (Lipinski definition) is 1. The van der Waals surface area contributed by atoms with Gasteiger partial charge in [-0.25, -0.2) is 0 Å². The van der Waals surface area contributed by atoms with Crippen molar-refractivity contribution in [2.45, 2.75) is 108 Å². The summed E-state index contributed by atoms with van der Waals surface area (Å²) in [6, 6.07) is 6.64. The fourth-order valence-electron chi connectivity index (χ4n) is 4.50. The van der Waals surface area contributed by atoms with Crippen LogP contribution in [-0.2, 0) is 6.42 Å². The van der Waals surface area contributed by atoms with E-state index in [9.17, 15) is 0 Å². The summed E-state index contributed by atoms with van der Waals surface area (Å²) in [5.74, 6) is 3.95. The van der Waals surface area contributed by atoms with Gasteiger partial charge in [0.1, 0.15) is 0 Å². The van der Waals surface area contributed by atoms with Gasteiger partial charge in [-0.05, 0) is 92.9 Å². The number of hydrogen-bond donors (Lipinski definition) is 1. The average Bonchev–Trinajstić information content (AvgIpc) is 3.32. The molecule has 3 rings (SSSR count). The highest BCUT2D eigenvalue weighted by atomic mass is 14.5. The molecule has 1 nitrogen and oxygen atoms in total. The zero-order valence-corrected chi connectivity index (χ0v) is 23.9. The van der Waals surface area contributed by atoms with Crippen molar-refractivity contribution in [3.05, 3.63) is 58.7 Å². The monoisotopic (exact) mass is 453 g/mol. The molecule has 1 heteroatoms. The summed E-state index contributed by atoms with van der Waals surface area (Å²) in [5.41, 5.74) is 6.49. The Morgan fingerprint density at radius 2 is 1.55 bits per heavy atom. The maximum absolute atomic E-state index is 7.02. The van der Waals surface area contributed by atoms with Crippen LogP contribution in [0.3, 0.4) is 0 Å². The van der Waals surface area contributed by atoms with E-state index in [2.05, 4.69) is 93.2 Å². The highest BCUT2D eigenvalue weighted by Crippen LogP contribution is 2.45. The molecule has 33 heavy (non-hydrogen) atoms. The molecule has 0 spiro atoms. The van der Waals surface area contributed by atoms with Crippen molar-refractivity contribution in [3.8, 4) is 0 Å². The van der Waals surface area contributed by atoms with Gasteiger partial charge in [0, 0.05) is 11.6 Å². The lowest BCUT2D eigenvalue weighted by Gasteiger charge is -2.14. The molecule has 0 aromatic heterocycles. The van der Waals surface area contributed by atoms with E-state index in [-0.39, 0.29) is 5.41 Å². The van der Waals surface area contributed by atoms with Gasteiger partial charge in [-0.15, -0.1) is 0 Å². The van der Waals surface area contributed by atoms with Crippen molar-refractivity contribution in [1.29, 1.82) is 5.41 Å². The van der Waals surface area contributed by atoms with Crippen LogP contribution >= 0.6 is 0 Å². The third-order valence-corrected chi connectivity index (χ3v) is 6.81. The van der Waals surface area contributed by atoms with Crippen molar-refractivity contribution >= 4 is 6.21 Å². The molecule has 2 aliphatic carbocycles. The van der Waals surface area contributed by atoms with Gasteiger partial charge in [-0.3, -0.25) is 0 Å². The van der Waals surface area contributed by atoms with Crippen LogP contribution in [0.1, 0.15) is 105 Å². The maximum Gasteiger partial charge on any atom is 0.0455 e. The topological polar surface area (TPSA) is 23.9 Å². The summed E-state index contributed by atoms with van der Waals surface area (Å²) in [4.78, 5) is 0. The summed E-state index contributed by atoms with van der Waals surface area (Å²) < 4.78 is 0. The Bertz CT molecular complexity index is 739. The average molecular weight is 454 g/mol. The maximum atomic E-state index is 7.02. The highest BCUT2D eigenvalue weighted by Gasteiger charge is 2.36. The van der Waals surface area contributed by atoms with Crippen LogP contribution in [0, 0.1) is 48.3 Å². The molecule has 2 aliphatic rings. The zero-order valence-electron chi connectivity index (χ0n) is 23.9. The second kappa shape index (κ2) is 15.3. The SMILES string of the molecule is C=C(C)C1=CC1(C)C=N.CC(C)C.CCC1CC(C)CC1CC.CCc1ccc(C)c(C)c1. The number of rotatable bonds is 5. The molecule has 1 fully saturated rings. The summed E-state index contributed by atoms with van der Waals surface area (Å²) in [6.45, 7) is 27.9. The van der Waals surface area contributed by atoms with Gasteiger partial charge in [0.05, 0.1) is 0 Å². The van der Waals surface area contributed by atoms with Gasteiger partial charge < -0.3 is 5.41 Å². The Labute approximate surface area is 207 Å². The molecule has 0 amide bonds. The number of aryl methyl sites for hydroxylation is 3. The van der Waals surface area contributed by atoms with Crippen LogP contribution in [0.15, 0.2) is 42.0 Å². The summed E-state index contributed by atoms with van der Waals surface area (Å²) >= 11 is 0. The van der Waals surface area contributed by atoms with Gasteiger partial charge in [-0.2, -0.15) is 0 Å². The van der Waals surface area contributed by atoms with Crippen LogP contribution in [0.5, 0.6) is 0 Å². The standard InChI is InChI=1S/C10H14.C10H20.C8H11N.C4H10/c1-4-10-6-5-8(2)9(3)7-10;1-4-9-6-8(3)7-10(9)5-2;1-6(2)7-4-8(7,3)5-9;1-4(2)3/h5-7H,4H2,1-3H3;8-10H,4-7H2,1-3H3;4-5,9H,1H2,2-3H3;4H,1-3H3. The minimum Gasteiger partial charge on any atom is -0.312 e. The summed E-state index contributed by atoms with van der Waals surface area (Å²) in [5, 5.41) is 7.02. The summed E-state index contributed by atoms with van der Waals surface area (Å²) in [6.07, 6.45) is 10.5. The number of nitrogens with one attached hydrogen (secondary N) is 1. The Balaban J connectivity index is 0.000000431. The molecule has 0 radical (unpaired) electrons. The number of benzene rings is 1. The summed E-state index contributed by atoms with van der Waals surface area (Å²) in [7, 11) is 0. The fraction of sp³-hybridized carbons (Fsp3) is 0.656. The van der Waals surface area contributed by atoms with Crippen molar-refractivity contribution in [1.82, 2.24) is 0 Å². The van der Waals surface area contributed by atoms with E-state index in [1.165, 1.54) is 54.2 Å². The second-order valence-corrected chi connectivity index (χ2v) is 11.2. The van der Waals surface area contributed by atoms with Gasteiger partial charge in [0.2, 0.25) is 0 Å². The Kier molecular flexibility index (Phi) is 14.6. The van der Waals surface area contributed by atoms with Crippen LogP contribution in [-0.4, -0.2) is 6.21 Å². The predicted octanol–water partition coefficient (Wildman–Crippen LogP) is 10.2. The molecule has 0 heterocycles. The molecular formula is C32H55N. The predicted molar refractivity (Wildman–Crippen MR) is 152 cm³/mol. The van der Waals surface area contributed by atoms with E-state index < -0.39 is 0 Å². The molecule has 3 atom stereocenters. The Hall–Kier alpha value is -1.63. The van der Waals surface area contributed by atoms with Gasteiger partial charge in [0.15, 0.2) is 0 Å². The lowest BCUT2D eigenvalue weighted by Crippen LogP contribution is -2.04. The largest absolute Gasteiger partial charge is 0.312 e. The van der Waals surface area contributed by atoms with E-state index in [0.717, 1.165) is 35.7 Å². The normalized spacial score (nSPS) is 24.8. The first-order chi connectivity index (χ1) is 15.3. The third-order valence-electron chi connectivity index (χ3n) is 6.81. The highest BCUT2D eigenvalue weighted by molar-refractivity contribution is 5.80. The molecule has 0 aliphatic heterocycles. The Morgan fingerprint density at radius 3 is 1.82 bits per heavy atom. The van der Waals surface area contributed by atoms with E-state index in [1.54, 1.807) is 0 Å². The molecule has 1 aromatic carbocycles. The van der Waals surface area contributed by atoms with Gasteiger partial charge in [0.25, 0.3) is 0 Å². The molecule has 1 N–H and O–H groups in total. The van der Waals surface area contributed by atoms with Gasteiger partial charge >= 0.3 is 0 Å². The first-order valence-electron chi connectivity index (χ1n) is 13.3. The van der Waals surface area contributed by atoms with Crippen molar-refractivity contribution in [2.24, 2.45) is 29.1 Å². The van der Waals surface area contributed by atoms with Crippen molar-refractivity contribution in [2.75, 3.05) is 0 Å². The van der Waals surface area contributed by atoms with E-state index in [0.29, 0.717) is 0 Å². The zero-order chi connectivity index (χ0) is 25.8. The molecule has 1 saturated carbocycles. The van der Waals surface area contributed by atoms with E-state index in [4.69, 9.17) is 5.41 Å². The van der Waals surface area contributed by atoms with Gasteiger partial charge in [-0.1, -0.05) is 97.7 Å². The molecule has 3 unspecified atom stereocenters. The first kappa shape index (κ1) is 31.4. The first-order valence-corrected chi connectivity index (χ1v) is 13.3. The van der Waals surface area contributed by atoms with E-state index >= 15 is 0 Å². The Morgan fingerprint density at radius 1 is 1.06 bits per heavy atom. The smallest absolute Gasteiger partial charge is 0.0455 e. The minimum atomic E-state index is -0.0359. The quantitative estimate of drug-likeness (QED) is 0.429. The van der Waals surface area contributed by atoms with Crippen LogP contribution < -0.4 is 0 Å². The van der Waals surface area contributed by atoms with Crippen molar-refractivity contribution < 1.29 is 0 Å². The number of allylic oxidation sites excluding steroid dienone is 3. The molecule has 1 aromatic rings. The molecule has 0 saturated heterocycles. The second-order valence-electron chi connectivity index (χ2n) is 11.2. The van der Waals surface area contributed by atoms with Crippen LogP contribution in [0.4, 0.5) is 0 Å².